The molecular weight excluding hydrogens is 248 g/mol. The van der Waals surface area contributed by atoms with Crippen molar-refractivity contribution in [2.45, 2.75) is 25.2 Å². The number of hydrogen-bond donors (Lipinski definition) is 0. The zero-order valence-electron chi connectivity index (χ0n) is 9.90. The van der Waals surface area contributed by atoms with E-state index in [9.17, 15) is 5.26 Å². The van der Waals surface area contributed by atoms with Gasteiger partial charge in [0.2, 0.25) is 5.89 Å². The molecular formula is C14H11ClN2O. The average Bonchev–Trinajstić information content (AvgIpc) is 3.08. The molecule has 1 heterocycles. The minimum absolute atomic E-state index is 0.405. The van der Waals surface area contributed by atoms with Crippen LogP contribution in [0, 0.1) is 18.3 Å². The van der Waals surface area contributed by atoms with Crippen molar-refractivity contribution in [3.05, 3.63) is 40.7 Å². The van der Waals surface area contributed by atoms with Crippen LogP contribution in [0.15, 0.2) is 28.7 Å². The zero-order valence-corrected chi connectivity index (χ0v) is 10.7. The third-order valence-electron chi connectivity index (χ3n) is 3.31. The molecule has 1 aromatic heterocycles. The fourth-order valence-electron chi connectivity index (χ4n) is 2.08. The highest BCUT2D eigenvalue weighted by Gasteiger charge is 2.48. The summed E-state index contributed by atoms with van der Waals surface area (Å²) in [7, 11) is 0. The Kier molecular flexibility index (Phi) is 2.42. The number of halogens is 1. The van der Waals surface area contributed by atoms with Crippen molar-refractivity contribution >= 4 is 11.6 Å². The standard InChI is InChI=1S/C14H11ClN2O/c1-9-12(14(8-16)6-7-14)17-13(18-9)10-2-4-11(15)5-3-10/h2-5H,6-7H2,1H3. The fourth-order valence-corrected chi connectivity index (χ4v) is 2.21. The first-order valence-corrected chi connectivity index (χ1v) is 6.17. The van der Waals surface area contributed by atoms with E-state index in [0.29, 0.717) is 10.9 Å². The van der Waals surface area contributed by atoms with E-state index >= 15 is 0 Å². The van der Waals surface area contributed by atoms with Crippen molar-refractivity contribution in [1.82, 2.24) is 4.98 Å². The lowest BCUT2D eigenvalue weighted by Crippen LogP contribution is -2.04. The van der Waals surface area contributed by atoms with Crippen molar-refractivity contribution in [2.24, 2.45) is 0 Å². The summed E-state index contributed by atoms with van der Waals surface area (Å²) in [5.74, 6) is 1.29. The summed E-state index contributed by atoms with van der Waals surface area (Å²) in [5.41, 5.74) is 1.26. The Morgan fingerprint density at radius 1 is 1.33 bits per heavy atom. The number of hydrogen-bond acceptors (Lipinski definition) is 3. The van der Waals surface area contributed by atoms with E-state index in [4.69, 9.17) is 16.0 Å². The monoisotopic (exact) mass is 258 g/mol. The molecule has 0 aliphatic heterocycles. The van der Waals surface area contributed by atoms with E-state index in [1.807, 2.05) is 19.1 Å². The van der Waals surface area contributed by atoms with Crippen LogP contribution in [0.25, 0.3) is 11.5 Å². The summed E-state index contributed by atoms with van der Waals surface area (Å²) in [6.45, 7) is 1.86. The van der Waals surface area contributed by atoms with E-state index in [-0.39, 0.29) is 0 Å². The summed E-state index contributed by atoms with van der Waals surface area (Å²) < 4.78 is 5.66. The minimum Gasteiger partial charge on any atom is -0.441 e. The lowest BCUT2D eigenvalue weighted by atomic mass is 10.0. The molecule has 90 valence electrons. The van der Waals surface area contributed by atoms with Gasteiger partial charge in [0.1, 0.15) is 16.9 Å². The first kappa shape index (κ1) is 11.3. The van der Waals surface area contributed by atoms with Gasteiger partial charge in [0.05, 0.1) is 6.07 Å². The lowest BCUT2D eigenvalue weighted by molar-refractivity contribution is 0.537. The molecule has 0 atom stereocenters. The number of benzene rings is 1. The maximum absolute atomic E-state index is 9.20. The molecule has 0 radical (unpaired) electrons. The molecule has 3 nitrogen and oxygen atoms in total. The van der Waals surface area contributed by atoms with E-state index in [1.54, 1.807) is 12.1 Å². The van der Waals surface area contributed by atoms with Crippen molar-refractivity contribution < 1.29 is 4.42 Å². The molecule has 0 unspecified atom stereocenters. The topological polar surface area (TPSA) is 49.8 Å². The van der Waals surface area contributed by atoms with Crippen LogP contribution < -0.4 is 0 Å². The Labute approximate surface area is 110 Å². The summed E-state index contributed by atoms with van der Waals surface area (Å²) in [6, 6.07) is 9.67. The molecule has 1 saturated carbocycles. The molecule has 4 heteroatoms. The van der Waals surface area contributed by atoms with E-state index in [1.165, 1.54) is 0 Å². The third kappa shape index (κ3) is 1.70. The molecule has 1 aliphatic carbocycles. The molecule has 1 aromatic carbocycles. The first-order chi connectivity index (χ1) is 8.64. The average molecular weight is 259 g/mol. The molecule has 18 heavy (non-hydrogen) atoms. The van der Waals surface area contributed by atoms with Crippen LogP contribution in [0.3, 0.4) is 0 Å². The Bertz CT molecular complexity index is 633. The van der Waals surface area contributed by atoms with Gasteiger partial charge < -0.3 is 4.42 Å². The van der Waals surface area contributed by atoms with Crippen molar-refractivity contribution in [3.63, 3.8) is 0 Å². The van der Waals surface area contributed by atoms with Gasteiger partial charge in [-0.15, -0.1) is 0 Å². The first-order valence-electron chi connectivity index (χ1n) is 5.80. The van der Waals surface area contributed by atoms with Gasteiger partial charge in [-0.25, -0.2) is 4.98 Å². The van der Waals surface area contributed by atoms with Gasteiger partial charge in [-0.05, 0) is 44.0 Å². The molecule has 2 aromatic rings. The Balaban J connectivity index is 2.03. The smallest absolute Gasteiger partial charge is 0.226 e. The highest BCUT2D eigenvalue weighted by molar-refractivity contribution is 6.30. The van der Waals surface area contributed by atoms with Gasteiger partial charge in [-0.2, -0.15) is 5.26 Å². The van der Waals surface area contributed by atoms with Gasteiger partial charge in [0.25, 0.3) is 0 Å². The number of aromatic nitrogens is 1. The highest BCUT2D eigenvalue weighted by atomic mass is 35.5. The summed E-state index contributed by atoms with van der Waals surface area (Å²) >= 11 is 5.85. The third-order valence-corrected chi connectivity index (χ3v) is 3.56. The van der Waals surface area contributed by atoms with Crippen molar-refractivity contribution in [3.8, 4) is 17.5 Å². The van der Waals surface area contributed by atoms with Crippen LogP contribution in [-0.2, 0) is 5.41 Å². The van der Waals surface area contributed by atoms with Gasteiger partial charge in [-0.3, -0.25) is 0 Å². The fraction of sp³-hybridized carbons (Fsp3) is 0.286. The van der Waals surface area contributed by atoms with Crippen LogP contribution in [0.2, 0.25) is 5.02 Å². The summed E-state index contributed by atoms with van der Waals surface area (Å²) in [4.78, 5) is 4.48. The summed E-state index contributed by atoms with van der Waals surface area (Å²) in [6.07, 6.45) is 1.74. The van der Waals surface area contributed by atoms with Crippen LogP contribution in [0.5, 0.6) is 0 Å². The van der Waals surface area contributed by atoms with Crippen LogP contribution in [-0.4, -0.2) is 4.98 Å². The maximum Gasteiger partial charge on any atom is 0.226 e. The highest BCUT2D eigenvalue weighted by Crippen LogP contribution is 2.48. The van der Waals surface area contributed by atoms with E-state index in [2.05, 4.69) is 11.1 Å². The number of rotatable bonds is 2. The predicted molar refractivity (Wildman–Crippen MR) is 68.2 cm³/mol. The van der Waals surface area contributed by atoms with Crippen LogP contribution >= 0.6 is 11.6 Å². The summed E-state index contributed by atoms with van der Waals surface area (Å²) in [5, 5.41) is 9.88. The molecule has 0 spiro atoms. The molecule has 0 saturated heterocycles. The van der Waals surface area contributed by atoms with Gasteiger partial charge >= 0.3 is 0 Å². The van der Waals surface area contributed by atoms with Crippen molar-refractivity contribution in [1.29, 1.82) is 5.26 Å². The Morgan fingerprint density at radius 2 is 2.00 bits per heavy atom. The molecule has 1 aliphatic rings. The molecule has 0 N–H and O–H groups in total. The van der Waals surface area contributed by atoms with Gasteiger partial charge in [0, 0.05) is 10.6 Å². The van der Waals surface area contributed by atoms with E-state index < -0.39 is 5.41 Å². The Hall–Kier alpha value is -1.79. The minimum atomic E-state index is -0.405. The number of nitriles is 1. The van der Waals surface area contributed by atoms with Crippen LogP contribution in [0.4, 0.5) is 0 Å². The van der Waals surface area contributed by atoms with Crippen molar-refractivity contribution in [2.75, 3.05) is 0 Å². The number of nitrogens with zero attached hydrogens (tertiary/aromatic N) is 2. The number of oxazole rings is 1. The van der Waals surface area contributed by atoms with Gasteiger partial charge in [0.15, 0.2) is 0 Å². The normalized spacial score (nSPS) is 16.3. The maximum atomic E-state index is 9.20. The second-order valence-corrected chi connectivity index (χ2v) is 5.06. The second-order valence-electron chi connectivity index (χ2n) is 4.62. The Morgan fingerprint density at radius 3 is 2.56 bits per heavy atom. The second kappa shape index (κ2) is 3.86. The zero-order chi connectivity index (χ0) is 12.8. The molecule has 0 amide bonds. The number of aryl methyl sites for hydroxylation is 1. The van der Waals surface area contributed by atoms with E-state index in [0.717, 1.165) is 29.9 Å². The lowest BCUT2D eigenvalue weighted by Gasteiger charge is -1.99. The quantitative estimate of drug-likeness (QED) is 0.822. The molecule has 3 rings (SSSR count). The molecule has 1 fully saturated rings. The SMILES string of the molecule is Cc1oc(-c2ccc(Cl)cc2)nc1C1(C#N)CC1. The predicted octanol–water partition coefficient (Wildman–Crippen LogP) is 3.86. The van der Waals surface area contributed by atoms with Gasteiger partial charge in [-0.1, -0.05) is 11.6 Å². The van der Waals surface area contributed by atoms with Crippen LogP contribution in [0.1, 0.15) is 24.3 Å². The molecule has 0 bridgehead atoms. The largest absolute Gasteiger partial charge is 0.441 e.